The molecule has 0 aliphatic heterocycles. The van der Waals surface area contributed by atoms with Gasteiger partial charge in [-0.05, 0) is 46.0 Å². The van der Waals surface area contributed by atoms with Crippen LogP contribution in [0.15, 0.2) is 0 Å². The fraction of sp³-hybridized carbons (Fsp3) is 0.826. The van der Waals surface area contributed by atoms with Crippen LogP contribution < -0.4 is 0 Å². The molecule has 0 amide bonds. The quantitative estimate of drug-likeness (QED) is 0.186. The average molecular weight is 461 g/mol. The minimum absolute atomic E-state index is 0.127. The highest BCUT2D eigenvalue weighted by molar-refractivity contribution is 5.77. The maximum atomic E-state index is 11.8. The van der Waals surface area contributed by atoms with E-state index in [4.69, 9.17) is 18.9 Å². The van der Waals surface area contributed by atoms with Gasteiger partial charge in [0.1, 0.15) is 19.3 Å². The second-order valence-electron chi connectivity index (χ2n) is 8.28. The molecular weight excluding hydrogens is 420 g/mol. The number of carbonyl (C=O) groups is 4. The van der Waals surface area contributed by atoms with Crippen molar-refractivity contribution in [3.8, 4) is 0 Å². The molecule has 0 aromatic heterocycles. The molecular formula is C23H40O9. The molecule has 0 heterocycles. The predicted octanol–water partition coefficient (Wildman–Crippen LogP) is 3.10. The summed E-state index contributed by atoms with van der Waals surface area (Å²) in [5.74, 6) is -1.80. The second-order valence-corrected chi connectivity index (χ2v) is 8.28. The van der Waals surface area contributed by atoms with Gasteiger partial charge in [-0.2, -0.15) is 0 Å². The van der Waals surface area contributed by atoms with Gasteiger partial charge in [0.15, 0.2) is 0 Å². The van der Waals surface area contributed by atoms with Crippen LogP contribution in [0.5, 0.6) is 0 Å². The Morgan fingerprint density at radius 2 is 1.25 bits per heavy atom. The minimum Gasteiger partial charge on any atom is -0.466 e. The highest BCUT2D eigenvalue weighted by Crippen LogP contribution is 2.21. The number of aliphatic hydroxyl groups is 1. The Labute approximate surface area is 191 Å². The van der Waals surface area contributed by atoms with Gasteiger partial charge in [0.05, 0.1) is 31.5 Å². The molecule has 0 saturated heterocycles. The summed E-state index contributed by atoms with van der Waals surface area (Å²) in [6, 6.07) is 0. The highest BCUT2D eigenvalue weighted by atomic mass is 16.6. The topological polar surface area (TPSA) is 125 Å². The van der Waals surface area contributed by atoms with Gasteiger partial charge >= 0.3 is 23.9 Å². The lowest BCUT2D eigenvalue weighted by Gasteiger charge is -2.21. The molecule has 1 unspecified atom stereocenters. The summed E-state index contributed by atoms with van der Waals surface area (Å²) in [7, 11) is 0. The molecule has 186 valence electrons. The zero-order chi connectivity index (χ0) is 24.4. The molecule has 1 N–H and O–H groups in total. The van der Waals surface area contributed by atoms with Crippen LogP contribution in [-0.2, 0) is 38.1 Å². The summed E-state index contributed by atoms with van der Waals surface area (Å²) in [4.78, 5) is 46.6. The van der Waals surface area contributed by atoms with Crippen molar-refractivity contribution in [2.75, 3.05) is 26.4 Å². The Morgan fingerprint density at radius 3 is 1.84 bits per heavy atom. The number of ether oxygens (including phenoxy) is 4. The molecule has 0 aromatic carbocycles. The second kappa shape index (κ2) is 17.4. The Bertz CT molecular complexity index is 572. The van der Waals surface area contributed by atoms with Crippen molar-refractivity contribution >= 4 is 23.9 Å². The Morgan fingerprint density at radius 1 is 0.719 bits per heavy atom. The molecule has 0 aromatic rings. The van der Waals surface area contributed by atoms with E-state index in [-0.39, 0.29) is 38.6 Å². The molecule has 0 aliphatic carbocycles. The van der Waals surface area contributed by atoms with E-state index >= 15 is 0 Å². The van der Waals surface area contributed by atoms with Gasteiger partial charge in [0, 0.05) is 6.42 Å². The van der Waals surface area contributed by atoms with Crippen LogP contribution in [0.25, 0.3) is 0 Å². The monoisotopic (exact) mass is 460 g/mol. The first kappa shape index (κ1) is 29.8. The smallest absolute Gasteiger partial charge is 0.311 e. The molecule has 9 nitrogen and oxygen atoms in total. The maximum absolute atomic E-state index is 11.8. The van der Waals surface area contributed by atoms with E-state index < -0.39 is 29.4 Å². The summed E-state index contributed by atoms with van der Waals surface area (Å²) in [5.41, 5.74) is -0.642. The number of hydrogen-bond acceptors (Lipinski definition) is 9. The van der Waals surface area contributed by atoms with Crippen molar-refractivity contribution in [1.29, 1.82) is 0 Å². The van der Waals surface area contributed by atoms with Gasteiger partial charge in [-0.1, -0.05) is 20.3 Å². The van der Waals surface area contributed by atoms with E-state index in [1.54, 1.807) is 13.8 Å². The van der Waals surface area contributed by atoms with E-state index in [9.17, 15) is 24.3 Å². The van der Waals surface area contributed by atoms with Crippen LogP contribution in [-0.4, -0.2) is 61.5 Å². The first-order valence-electron chi connectivity index (χ1n) is 11.4. The number of esters is 4. The number of hydrogen-bond donors (Lipinski definition) is 1. The van der Waals surface area contributed by atoms with Crippen molar-refractivity contribution < 1.29 is 43.2 Å². The lowest BCUT2D eigenvalue weighted by atomic mass is 9.91. The van der Waals surface area contributed by atoms with Crippen molar-refractivity contribution in [3.05, 3.63) is 0 Å². The first-order valence-corrected chi connectivity index (χ1v) is 11.4. The normalized spacial score (nSPS) is 12.0. The molecule has 0 spiro atoms. The molecule has 0 rings (SSSR count). The van der Waals surface area contributed by atoms with E-state index in [1.165, 1.54) is 0 Å². The molecule has 9 heteroatoms. The van der Waals surface area contributed by atoms with Crippen LogP contribution >= 0.6 is 0 Å². The molecule has 0 saturated carbocycles. The summed E-state index contributed by atoms with van der Waals surface area (Å²) in [6.07, 6.45) is 3.39. The Balaban J connectivity index is 3.74. The average Bonchev–Trinajstić information content (AvgIpc) is 2.76. The van der Waals surface area contributed by atoms with Gasteiger partial charge in [-0.3, -0.25) is 19.2 Å². The fourth-order valence-electron chi connectivity index (χ4n) is 2.23. The highest BCUT2D eigenvalue weighted by Gasteiger charge is 2.27. The number of aliphatic hydroxyl groups excluding tert-OH is 1. The zero-order valence-corrected chi connectivity index (χ0v) is 20.0. The maximum Gasteiger partial charge on any atom is 0.311 e. The van der Waals surface area contributed by atoms with Crippen molar-refractivity contribution in [2.45, 2.75) is 91.6 Å². The molecule has 1 atom stereocenters. The van der Waals surface area contributed by atoms with E-state index in [1.807, 2.05) is 13.8 Å². The van der Waals surface area contributed by atoms with Gasteiger partial charge in [-0.15, -0.1) is 0 Å². The number of carbonyl (C=O) groups excluding carboxylic acids is 4. The van der Waals surface area contributed by atoms with Gasteiger partial charge in [-0.25, -0.2) is 0 Å². The first-order chi connectivity index (χ1) is 15.1. The SMILES string of the molecule is CCCCOC(=O)CCCCCOC(=O)CCC(=O)OCC(O)COC(=O)C(C)(C)CC. The van der Waals surface area contributed by atoms with Crippen molar-refractivity contribution in [2.24, 2.45) is 5.41 Å². The van der Waals surface area contributed by atoms with Crippen molar-refractivity contribution in [3.63, 3.8) is 0 Å². The number of rotatable bonds is 18. The third-order valence-electron chi connectivity index (χ3n) is 4.86. The standard InChI is InChI=1S/C23H40O9/c1-5-7-14-29-19(25)11-9-8-10-15-30-20(26)12-13-21(27)31-16-18(24)17-32-22(28)23(3,4)6-2/h18,24H,5-17H2,1-4H3. The van der Waals surface area contributed by atoms with Gasteiger partial charge in [0.25, 0.3) is 0 Å². The Kier molecular flexibility index (Phi) is 16.2. The fourth-order valence-corrected chi connectivity index (χ4v) is 2.23. The third kappa shape index (κ3) is 15.6. The third-order valence-corrected chi connectivity index (χ3v) is 4.86. The number of unbranched alkanes of at least 4 members (excludes halogenated alkanes) is 3. The Hall–Kier alpha value is -2.16. The van der Waals surface area contributed by atoms with Crippen LogP contribution in [0, 0.1) is 5.41 Å². The predicted molar refractivity (Wildman–Crippen MR) is 117 cm³/mol. The van der Waals surface area contributed by atoms with Crippen LogP contribution in [0.4, 0.5) is 0 Å². The minimum atomic E-state index is -1.13. The summed E-state index contributed by atoms with van der Waals surface area (Å²) < 4.78 is 20.0. The van der Waals surface area contributed by atoms with Crippen molar-refractivity contribution in [1.82, 2.24) is 0 Å². The summed E-state index contributed by atoms with van der Waals surface area (Å²) in [5, 5.41) is 9.76. The van der Waals surface area contributed by atoms with Crippen LogP contribution in [0.2, 0.25) is 0 Å². The lowest BCUT2D eigenvalue weighted by molar-refractivity contribution is -0.160. The summed E-state index contributed by atoms with van der Waals surface area (Å²) >= 11 is 0. The zero-order valence-electron chi connectivity index (χ0n) is 20.0. The van der Waals surface area contributed by atoms with Crippen LogP contribution in [0.1, 0.15) is 85.5 Å². The molecule has 0 bridgehead atoms. The molecule has 32 heavy (non-hydrogen) atoms. The van der Waals surface area contributed by atoms with Gasteiger partial charge in [0.2, 0.25) is 0 Å². The molecule has 0 aliphatic rings. The summed E-state index contributed by atoms with van der Waals surface area (Å²) in [6.45, 7) is 7.45. The van der Waals surface area contributed by atoms with E-state index in [0.717, 1.165) is 19.3 Å². The van der Waals surface area contributed by atoms with E-state index in [2.05, 4.69) is 0 Å². The van der Waals surface area contributed by atoms with E-state index in [0.29, 0.717) is 32.3 Å². The lowest BCUT2D eigenvalue weighted by Crippen LogP contribution is -2.31. The molecule has 0 fully saturated rings. The molecule has 0 radical (unpaired) electrons. The largest absolute Gasteiger partial charge is 0.466 e. The van der Waals surface area contributed by atoms with Gasteiger partial charge < -0.3 is 24.1 Å². The van der Waals surface area contributed by atoms with Crippen LogP contribution in [0.3, 0.4) is 0 Å².